The van der Waals surface area contributed by atoms with E-state index in [1.165, 1.54) is 0 Å². The fourth-order valence-electron chi connectivity index (χ4n) is 2.86. The zero-order valence-electron chi connectivity index (χ0n) is 13.1. The molecule has 6 nitrogen and oxygen atoms in total. The molecule has 3 N–H and O–H groups in total. The van der Waals surface area contributed by atoms with Gasteiger partial charge in [0.25, 0.3) is 0 Å². The summed E-state index contributed by atoms with van der Waals surface area (Å²) < 4.78 is 10.8. The highest BCUT2D eigenvalue weighted by Gasteiger charge is 2.34. The maximum absolute atomic E-state index is 11.3. The third-order valence-electron chi connectivity index (χ3n) is 3.91. The number of aliphatic carboxylic acids is 1. The maximum Gasteiger partial charge on any atom is 0.320 e. The summed E-state index contributed by atoms with van der Waals surface area (Å²) in [4.78, 5) is 13.2. The Kier molecular flexibility index (Phi) is 5.76. The first-order valence-electron chi connectivity index (χ1n) is 7.51. The van der Waals surface area contributed by atoms with E-state index in [2.05, 4.69) is 0 Å². The normalized spacial score (nSPS) is 22.0. The first-order valence-corrected chi connectivity index (χ1v) is 7.51. The molecule has 0 aliphatic carbocycles. The van der Waals surface area contributed by atoms with Gasteiger partial charge in [0.1, 0.15) is 11.8 Å². The van der Waals surface area contributed by atoms with Crippen molar-refractivity contribution in [2.45, 2.75) is 38.6 Å². The highest BCUT2D eigenvalue weighted by atomic mass is 16.5. The van der Waals surface area contributed by atoms with Gasteiger partial charge in [0.15, 0.2) is 0 Å². The summed E-state index contributed by atoms with van der Waals surface area (Å²) in [5.41, 5.74) is 7.91. The molecule has 1 heterocycles. The van der Waals surface area contributed by atoms with Gasteiger partial charge in [-0.1, -0.05) is 6.07 Å². The molecule has 0 aromatic heterocycles. The molecule has 22 heavy (non-hydrogen) atoms. The van der Waals surface area contributed by atoms with Crippen molar-refractivity contribution in [2.75, 3.05) is 20.3 Å². The second kappa shape index (κ2) is 7.58. The summed E-state index contributed by atoms with van der Waals surface area (Å²) in [6, 6.07) is 5.28. The number of carboxylic acids is 1. The molecule has 0 radical (unpaired) electrons. The molecule has 122 valence electrons. The minimum atomic E-state index is -0.809. The van der Waals surface area contributed by atoms with Crippen LogP contribution >= 0.6 is 0 Å². The second-order valence-electron chi connectivity index (χ2n) is 5.56. The number of nitrogens with zero attached hydrogens (tertiary/aromatic N) is 1. The second-order valence-corrected chi connectivity index (χ2v) is 5.56. The van der Waals surface area contributed by atoms with Gasteiger partial charge in [-0.25, -0.2) is 0 Å². The zero-order valence-corrected chi connectivity index (χ0v) is 13.1. The van der Waals surface area contributed by atoms with Crippen molar-refractivity contribution in [1.29, 1.82) is 0 Å². The van der Waals surface area contributed by atoms with Crippen LogP contribution in [0.2, 0.25) is 0 Å². The van der Waals surface area contributed by atoms with Gasteiger partial charge in [-0.2, -0.15) is 0 Å². The van der Waals surface area contributed by atoms with Crippen molar-refractivity contribution in [3.05, 3.63) is 29.3 Å². The number of carboxylic acid groups (broad SMARTS) is 1. The molecule has 1 aromatic carbocycles. The topological polar surface area (TPSA) is 85.0 Å². The molecule has 2 rings (SSSR count). The van der Waals surface area contributed by atoms with Crippen LogP contribution in [0.3, 0.4) is 0 Å². The summed E-state index contributed by atoms with van der Waals surface area (Å²) in [5.74, 6) is -0.0268. The molecule has 0 bridgehead atoms. The molecule has 1 fully saturated rings. The van der Waals surface area contributed by atoms with Gasteiger partial charge in [0, 0.05) is 31.3 Å². The predicted molar refractivity (Wildman–Crippen MR) is 82.8 cm³/mol. The van der Waals surface area contributed by atoms with Crippen molar-refractivity contribution in [1.82, 2.24) is 4.90 Å². The van der Waals surface area contributed by atoms with E-state index < -0.39 is 12.0 Å². The average Bonchev–Trinajstić information content (AvgIpc) is 2.86. The Labute approximate surface area is 130 Å². The number of benzene rings is 1. The molecule has 0 unspecified atom stereocenters. The Morgan fingerprint density at radius 1 is 1.50 bits per heavy atom. The standard InChI is InChI=1S/C16H24N2O4/c1-3-22-10-12-6-11(4-5-15(12)21-2)8-18-9-13(17)7-14(18)16(19)20/h4-6,13-14H,3,7-10,17H2,1-2H3,(H,19,20)/t13-,14-/m0/s1. The molecule has 1 aliphatic rings. The van der Waals surface area contributed by atoms with Crippen molar-refractivity contribution in [3.8, 4) is 5.75 Å². The highest BCUT2D eigenvalue weighted by molar-refractivity contribution is 5.74. The van der Waals surface area contributed by atoms with Crippen LogP contribution in [0.4, 0.5) is 0 Å². The molecule has 1 aliphatic heterocycles. The molecular formula is C16H24N2O4. The van der Waals surface area contributed by atoms with Gasteiger partial charge < -0.3 is 20.3 Å². The SMILES string of the molecule is CCOCc1cc(CN2C[C@@H](N)C[C@H]2C(=O)O)ccc1OC. The molecule has 0 amide bonds. The third kappa shape index (κ3) is 3.97. The van der Waals surface area contributed by atoms with E-state index in [0.717, 1.165) is 16.9 Å². The molecule has 6 heteroatoms. The van der Waals surface area contributed by atoms with Crippen LogP contribution in [0, 0.1) is 0 Å². The van der Waals surface area contributed by atoms with E-state index in [1.807, 2.05) is 30.0 Å². The van der Waals surface area contributed by atoms with Gasteiger partial charge in [-0.15, -0.1) is 0 Å². The van der Waals surface area contributed by atoms with Crippen LogP contribution in [0.5, 0.6) is 5.75 Å². The Balaban J connectivity index is 2.13. The van der Waals surface area contributed by atoms with Gasteiger partial charge in [-0.3, -0.25) is 9.69 Å². The summed E-state index contributed by atoms with van der Waals surface area (Å²) in [7, 11) is 1.63. The Hall–Kier alpha value is -1.63. The number of carbonyl (C=O) groups is 1. The summed E-state index contributed by atoms with van der Waals surface area (Å²) in [6.45, 7) is 4.22. The van der Waals surface area contributed by atoms with E-state index in [4.69, 9.17) is 15.2 Å². The summed E-state index contributed by atoms with van der Waals surface area (Å²) in [6.07, 6.45) is 0.497. The molecule has 1 aromatic rings. The zero-order chi connectivity index (χ0) is 16.1. The lowest BCUT2D eigenvalue weighted by Gasteiger charge is -2.21. The molecule has 0 saturated carbocycles. The molecular weight excluding hydrogens is 284 g/mol. The lowest BCUT2D eigenvalue weighted by atomic mass is 10.1. The van der Waals surface area contributed by atoms with Crippen LogP contribution in [-0.2, 0) is 22.7 Å². The van der Waals surface area contributed by atoms with Gasteiger partial charge >= 0.3 is 5.97 Å². The smallest absolute Gasteiger partial charge is 0.320 e. The van der Waals surface area contributed by atoms with E-state index in [1.54, 1.807) is 7.11 Å². The lowest BCUT2D eigenvalue weighted by molar-refractivity contribution is -0.142. The largest absolute Gasteiger partial charge is 0.496 e. The maximum atomic E-state index is 11.3. The number of methoxy groups -OCH3 is 1. The van der Waals surface area contributed by atoms with Crippen molar-refractivity contribution in [2.24, 2.45) is 5.73 Å². The monoisotopic (exact) mass is 308 g/mol. The Morgan fingerprint density at radius 2 is 2.27 bits per heavy atom. The number of nitrogens with two attached hydrogens (primary N) is 1. The van der Waals surface area contributed by atoms with Gasteiger partial charge in [-0.05, 0) is 31.0 Å². The predicted octanol–water partition coefficient (Wildman–Crippen LogP) is 1.22. The molecule has 0 spiro atoms. The van der Waals surface area contributed by atoms with Gasteiger partial charge in [0.05, 0.1) is 13.7 Å². The summed E-state index contributed by atoms with van der Waals surface area (Å²) in [5, 5.41) is 9.30. The minimum absolute atomic E-state index is 0.0813. The molecule has 2 atom stereocenters. The van der Waals surface area contributed by atoms with E-state index in [0.29, 0.717) is 32.7 Å². The van der Waals surface area contributed by atoms with Crippen LogP contribution in [0.1, 0.15) is 24.5 Å². The average molecular weight is 308 g/mol. The number of hydrogen-bond acceptors (Lipinski definition) is 5. The first-order chi connectivity index (χ1) is 10.5. The number of ether oxygens (including phenoxy) is 2. The number of likely N-dealkylation sites (tertiary alicyclic amines) is 1. The molecule has 1 saturated heterocycles. The Bertz CT molecular complexity index is 521. The van der Waals surface area contributed by atoms with Gasteiger partial charge in [0.2, 0.25) is 0 Å². The number of hydrogen-bond donors (Lipinski definition) is 2. The van der Waals surface area contributed by atoms with E-state index in [-0.39, 0.29) is 6.04 Å². The van der Waals surface area contributed by atoms with Crippen molar-refractivity contribution < 1.29 is 19.4 Å². The fraction of sp³-hybridized carbons (Fsp3) is 0.562. The van der Waals surface area contributed by atoms with Crippen LogP contribution < -0.4 is 10.5 Å². The third-order valence-corrected chi connectivity index (χ3v) is 3.91. The first kappa shape index (κ1) is 16.7. The summed E-state index contributed by atoms with van der Waals surface area (Å²) >= 11 is 0. The minimum Gasteiger partial charge on any atom is -0.496 e. The lowest BCUT2D eigenvalue weighted by Crippen LogP contribution is -2.35. The number of rotatable bonds is 7. The highest BCUT2D eigenvalue weighted by Crippen LogP contribution is 2.24. The van der Waals surface area contributed by atoms with E-state index in [9.17, 15) is 9.90 Å². The van der Waals surface area contributed by atoms with E-state index >= 15 is 0 Å². The van der Waals surface area contributed by atoms with Crippen molar-refractivity contribution in [3.63, 3.8) is 0 Å². The van der Waals surface area contributed by atoms with Crippen LogP contribution in [0.25, 0.3) is 0 Å². The van der Waals surface area contributed by atoms with Crippen molar-refractivity contribution >= 4 is 5.97 Å². The Morgan fingerprint density at radius 3 is 2.91 bits per heavy atom. The van der Waals surface area contributed by atoms with Crippen LogP contribution in [-0.4, -0.2) is 48.3 Å². The van der Waals surface area contributed by atoms with Crippen LogP contribution in [0.15, 0.2) is 18.2 Å². The fourth-order valence-corrected chi connectivity index (χ4v) is 2.86. The quantitative estimate of drug-likeness (QED) is 0.788.